The molecule has 0 fully saturated rings. The first-order valence-corrected chi connectivity index (χ1v) is 15.0. The van der Waals surface area contributed by atoms with Gasteiger partial charge in [-0.05, 0) is 39.7 Å². The van der Waals surface area contributed by atoms with E-state index in [0.29, 0.717) is 10.7 Å². The Morgan fingerprint density at radius 2 is 1.40 bits per heavy atom. The van der Waals surface area contributed by atoms with Crippen molar-refractivity contribution in [2.75, 3.05) is 6.54 Å². The number of thiophene rings is 1. The molecular formula is C34H38N4O4S. The maximum atomic E-state index is 13.0. The van der Waals surface area contributed by atoms with Crippen LogP contribution < -0.4 is 10.6 Å². The molecule has 2 aromatic heterocycles. The molecule has 2 heterocycles. The summed E-state index contributed by atoms with van der Waals surface area (Å²) in [5.74, 6) is -1.54. The number of carboxylic acid groups (broad SMARTS) is 1. The van der Waals surface area contributed by atoms with Gasteiger partial charge in [0, 0.05) is 34.8 Å². The van der Waals surface area contributed by atoms with Gasteiger partial charge in [0.1, 0.15) is 12.6 Å². The van der Waals surface area contributed by atoms with Gasteiger partial charge in [0.15, 0.2) is 5.82 Å². The number of nitrogens with one attached hydrogen (secondary N) is 2. The van der Waals surface area contributed by atoms with Crippen LogP contribution in [0.15, 0.2) is 73.1 Å². The number of aliphatic carboxylic acids is 1. The number of rotatable bonds is 9. The lowest BCUT2D eigenvalue weighted by Crippen LogP contribution is -2.49. The van der Waals surface area contributed by atoms with Gasteiger partial charge in [-0.1, -0.05) is 90.1 Å². The first-order chi connectivity index (χ1) is 20.2. The summed E-state index contributed by atoms with van der Waals surface area (Å²) in [6.07, 6.45) is 3.78. The van der Waals surface area contributed by atoms with Crippen LogP contribution in [0.3, 0.4) is 0 Å². The lowest BCUT2D eigenvalue weighted by atomic mass is 9.86. The molecule has 8 nitrogen and oxygen atoms in total. The molecule has 1 atom stereocenters. The number of hydrogen-bond donors (Lipinski definition) is 3. The molecule has 3 N–H and O–H groups in total. The maximum absolute atomic E-state index is 13.0. The largest absolute Gasteiger partial charge is 0.480 e. The van der Waals surface area contributed by atoms with E-state index in [1.54, 1.807) is 18.5 Å². The molecule has 43 heavy (non-hydrogen) atoms. The van der Waals surface area contributed by atoms with E-state index in [9.17, 15) is 14.4 Å². The monoisotopic (exact) mass is 598 g/mol. The van der Waals surface area contributed by atoms with Crippen LogP contribution in [-0.4, -0.2) is 45.4 Å². The SMILES string of the molecule is CC(C)(C)c1ccc(-c2cnc(-c3ccc(CC(NC(=O)c4ccc(C(C)(C)C)s4)C(=O)NCC(=O)O)cc3)nc2)cc1. The van der Waals surface area contributed by atoms with E-state index < -0.39 is 24.5 Å². The van der Waals surface area contributed by atoms with Crippen molar-refractivity contribution in [2.24, 2.45) is 0 Å². The zero-order valence-corrected chi connectivity index (χ0v) is 26.2. The number of amides is 2. The third kappa shape index (κ3) is 8.35. The zero-order chi connectivity index (χ0) is 31.4. The van der Waals surface area contributed by atoms with Gasteiger partial charge in [-0.25, -0.2) is 9.97 Å². The Hall–Kier alpha value is -4.37. The summed E-state index contributed by atoms with van der Waals surface area (Å²) in [7, 11) is 0. The number of benzene rings is 2. The van der Waals surface area contributed by atoms with E-state index in [4.69, 9.17) is 5.11 Å². The lowest BCUT2D eigenvalue weighted by molar-refractivity contribution is -0.138. The van der Waals surface area contributed by atoms with E-state index in [0.717, 1.165) is 27.1 Å². The van der Waals surface area contributed by atoms with E-state index in [-0.39, 0.29) is 23.2 Å². The molecule has 0 bridgehead atoms. The fourth-order valence-corrected chi connectivity index (χ4v) is 5.37. The van der Waals surface area contributed by atoms with E-state index in [2.05, 4.69) is 86.4 Å². The van der Waals surface area contributed by atoms with Crippen LogP contribution >= 0.6 is 11.3 Å². The molecule has 0 aliphatic heterocycles. The maximum Gasteiger partial charge on any atom is 0.322 e. The molecule has 0 aliphatic rings. The summed E-state index contributed by atoms with van der Waals surface area (Å²) in [5, 5.41) is 14.2. The van der Waals surface area contributed by atoms with Gasteiger partial charge in [-0.2, -0.15) is 0 Å². The smallest absolute Gasteiger partial charge is 0.322 e. The molecule has 0 saturated heterocycles. The molecular weight excluding hydrogens is 560 g/mol. The van der Waals surface area contributed by atoms with Crippen LogP contribution in [0.25, 0.3) is 22.5 Å². The van der Waals surface area contributed by atoms with Crippen LogP contribution in [-0.2, 0) is 26.8 Å². The van der Waals surface area contributed by atoms with Crippen LogP contribution in [0.1, 0.15) is 67.2 Å². The quantitative estimate of drug-likeness (QED) is 0.217. The summed E-state index contributed by atoms with van der Waals surface area (Å²) in [5.41, 5.74) is 4.80. The number of carbonyl (C=O) groups is 3. The van der Waals surface area contributed by atoms with Crippen LogP contribution in [0.2, 0.25) is 0 Å². The van der Waals surface area contributed by atoms with E-state index in [1.165, 1.54) is 16.9 Å². The average molecular weight is 599 g/mol. The minimum absolute atomic E-state index is 0.0825. The highest BCUT2D eigenvalue weighted by Gasteiger charge is 2.25. The van der Waals surface area contributed by atoms with Crippen molar-refractivity contribution in [1.29, 1.82) is 0 Å². The Kier molecular flexibility index (Phi) is 9.45. The third-order valence-electron chi connectivity index (χ3n) is 6.99. The summed E-state index contributed by atoms with van der Waals surface area (Å²) in [6.45, 7) is 12.2. The summed E-state index contributed by atoms with van der Waals surface area (Å²) < 4.78 is 0. The number of carbonyl (C=O) groups excluding carboxylic acids is 2. The molecule has 224 valence electrons. The van der Waals surface area contributed by atoms with Gasteiger partial charge in [-0.3, -0.25) is 14.4 Å². The van der Waals surface area contributed by atoms with Crippen molar-refractivity contribution in [2.45, 2.75) is 64.8 Å². The molecule has 0 radical (unpaired) electrons. The zero-order valence-electron chi connectivity index (χ0n) is 25.4. The van der Waals surface area contributed by atoms with Gasteiger partial charge in [0.05, 0.1) is 4.88 Å². The average Bonchev–Trinajstić information content (AvgIpc) is 3.47. The minimum Gasteiger partial charge on any atom is -0.480 e. The van der Waals surface area contributed by atoms with Gasteiger partial charge in [0.2, 0.25) is 5.91 Å². The van der Waals surface area contributed by atoms with Crippen LogP contribution in [0, 0.1) is 0 Å². The number of aromatic nitrogens is 2. The van der Waals surface area contributed by atoms with Crippen molar-refractivity contribution in [3.8, 4) is 22.5 Å². The Morgan fingerprint density at radius 1 is 0.791 bits per heavy atom. The highest BCUT2D eigenvalue weighted by molar-refractivity contribution is 7.14. The summed E-state index contributed by atoms with van der Waals surface area (Å²) in [4.78, 5) is 47.6. The third-order valence-corrected chi connectivity index (χ3v) is 8.50. The first-order valence-electron chi connectivity index (χ1n) is 14.1. The topological polar surface area (TPSA) is 121 Å². The minimum atomic E-state index is -1.16. The van der Waals surface area contributed by atoms with Crippen molar-refractivity contribution >= 4 is 29.1 Å². The second-order valence-corrected chi connectivity index (χ2v) is 13.7. The highest BCUT2D eigenvalue weighted by atomic mass is 32.1. The van der Waals surface area contributed by atoms with Crippen molar-refractivity contribution in [3.63, 3.8) is 0 Å². The molecule has 1 unspecified atom stereocenters. The fraction of sp³-hybridized carbons (Fsp3) is 0.324. The Morgan fingerprint density at radius 3 is 1.93 bits per heavy atom. The van der Waals surface area contributed by atoms with Gasteiger partial charge in [-0.15, -0.1) is 11.3 Å². The van der Waals surface area contributed by atoms with Crippen LogP contribution in [0.4, 0.5) is 0 Å². The lowest BCUT2D eigenvalue weighted by Gasteiger charge is -2.19. The van der Waals surface area contributed by atoms with Gasteiger partial charge >= 0.3 is 5.97 Å². The summed E-state index contributed by atoms with van der Waals surface area (Å²) >= 11 is 1.37. The molecule has 2 amide bonds. The molecule has 0 saturated carbocycles. The van der Waals surface area contributed by atoms with Crippen molar-refractivity contribution < 1.29 is 19.5 Å². The molecule has 0 spiro atoms. The van der Waals surface area contributed by atoms with Gasteiger partial charge < -0.3 is 15.7 Å². The normalized spacial score (nSPS) is 12.4. The van der Waals surface area contributed by atoms with Gasteiger partial charge in [0.25, 0.3) is 5.91 Å². The first kappa shape index (κ1) is 31.6. The van der Waals surface area contributed by atoms with Crippen LogP contribution in [0.5, 0.6) is 0 Å². The molecule has 4 rings (SSSR count). The second kappa shape index (κ2) is 12.9. The number of hydrogen-bond acceptors (Lipinski definition) is 6. The number of nitrogens with zero attached hydrogens (tertiary/aromatic N) is 2. The highest BCUT2D eigenvalue weighted by Crippen LogP contribution is 2.30. The fourth-order valence-electron chi connectivity index (χ4n) is 4.40. The van der Waals surface area contributed by atoms with E-state index in [1.807, 2.05) is 30.3 Å². The Labute approximate surface area is 256 Å². The standard InChI is InChI=1S/C34H38N4O4S/c1-33(2,3)25-13-11-22(12-14-25)24-18-35-30(36-19-24)23-9-7-21(8-10-23)17-26(31(41)37-20-29(39)40)38-32(42)27-15-16-28(43-27)34(4,5)6/h7-16,18-19,26H,17,20H2,1-6H3,(H,37,41)(H,38,42)(H,39,40). The predicted molar refractivity (Wildman–Crippen MR) is 170 cm³/mol. The number of carboxylic acids is 1. The predicted octanol–water partition coefficient (Wildman–Crippen LogP) is 6.01. The second-order valence-electron chi connectivity index (χ2n) is 12.6. The Balaban J connectivity index is 1.47. The van der Waals surface area contributed by atoms with Crippen molar-refractivity contribution in [1.82, 2.24) is 20.6 Å². The molecule has 9 heteroatoms. The molecule has 0 aliphatic carbocycles. The summed E-state index contributed by atoms with van der Waals surface area (Å²) in [6, 6.07) is 18.5. The molecule has 4 aromatic rings. The van der Waals surface area contributed by atoms with Crippen molar-refractivity contribution in [3.05, 3.63) is 93.9 Å². The van der Waals surface area contributed by atoms with E-state index >= 15 is 0 Å². The Bertz CT molecular complexity index is 1580. The molecule has 2 aromatic carbocycles.